The lowest BCUT2D eigenvalue weighted by molar-refractivity contribution is -0.149. The molecule has 0 heterocycles. The molecule has 2 N–H and O–H groups in total. The maximum Gasteiger partial charge on any atom is 0.326 e. The highest BCUT2D eigenvalue weighted by Gasteiger charge is 2.25. The topological polar surface area (TPSA) is 92.7 Å². The smallest absolute Gasteiger partial charge is 0.326 e. The van der Waals surface area contributed by atoms with Gasteiger partial charge in [0, 0.05) is 0 Å². The lowest BCUT2D eigenvalue weighted by atomic mass is 10.1. The average Bonchev–Trinajstić information content (AvgIpc) is 2.38. The largest absolute Gasteiger partial charge is 0.480 e. The molecule has 0 radical (unpaired) electrons. The van der Waals surface area contributed by atoms with E-state index in [0.717, 1.165) is 0 Å². The lowest BCUT2D eigenvalue weighted by Crippen LogP contribution is -2.42. The highest BCUT2D eigenvalue weighted by molar-refractivity contribution is 6.33. The predicted octanol–water partition coefficient (Wildman–Crippen LogP) is 1.48. The number of nitrogens with one attached hydrogen (secondary N) is 1. The van der Waals surface area contributed by atoms with E-state index >= 15 is 0 Å². The van der Waals surface area contributed by atoms with Crippen LogP contribution < -0.4 is 5.32 Å². The SMILES string of the molecule is CCOC(=O)C[C@H](NC(=O)c1ccccc1Cl)C(=O)O. The molecule has 0 aliphatic carbocycles. The van der Waals surface area contributed by atoms with Crippen LogP contribution in [0, 0.1) is 0 Å². The summed E-state index contributed by atoms with van der Waals surface area (Å²) in [5, 5.41) is 11.4. The van der Waals surface area contributed by atoms with Gasteiger partial charge in [-0.2, -0.15) is 0 Å². The van der Waals surface area contributed by atoms with Crippen molar-refractivity contribution >= 4 is 29.4 Å². The number of esters is 1. The third kappa shape index (κ3) is 4.55. The molecule has 0 aliphatic heterocycles. The minimum atomic E-state index is -1.36. The maximum absolute atomic E-state index is 11.9. The van der Waals surface area contributed by atoms with Crippen molar-refractivity contribution in [3.05, 3.63) is 34.9 Å². The second kappa shape index (κ2) is 7.49. The van der Waals surface area contributed by atoms with E-state index in [1.54, 1.807) is 19.1 Å². The number of carboxylic acid groups (broad SMARTS) is 1. The number of benzene rings is 1. The molecule has 7 heteroatoms. The Bertz CT molecular complexity index is 517. The molecule has 0 aliphatic rings. The van der Waals surface area contributed by atoms with E-state index < -0.39 is 30.3 Å². The van der Waals surface area contributed by atoms with Crippen LogP contribution in [0.2, 0.25) is 5.02 Å². The first kappa shape index (κ1) is 16.0. The van der Waals surface area contributed by atoms with Crippen molar-refractivity contribution in [2.24, 2.45) is 0 Å². The van der Waals surface area contributed by atoms with Crippen LogP contribution in [0.5, 0.6) is 0 Å². The monoisotopic (exact) mass is 299 g/mol. The van der Waals surface area contributed by atoms with Crippen molar-refractivity contribution in [1.29, 1.82) is 0 Å². The molecule has 0 unspecified atom stereocenters. The Hall–Kier alpha value is -2.08. The molecule has 1 amide bonds. The zero-order chi connectivity index (χ0) is 15.1. The van der Waals surface area contributed by atoms with Crippen LogP contribution in [0.4, 0.5) is 0 Å². The summed E-state index contributed by atoms with van der Waals surface area (Å²) in [4.78, 5) is 34.2. The molecule has 20 heavy (non-hydrogen) atoms. The van der Waals surface area contributed by atoms with Gasteiger partial charge in [-0.1, -0.05) is 23.7 Å². The number of hydrogen-bond donors (Lipinski definition) is 2. The molecule has 1 atom stereocenters. The van der Waals surface area contributed by atoms with Crippen molar-refractivity contribution in [2.75, 3.05) is 6.61 Å². The first-order chi connectivity index (χ1) is 9.45. The number of rotatable bonds is 6. The first-order valence-electron chi connectivity index (χ1n) is 5.89. The Kier molecular flexibility index (Phi) is 5.99. The van der Waals surface area contributed by atoms with Crippen LogP contribution in [-0.4, -0.2) is 35.6 Å². The molecule has 1 aromatic carbocycles. The van der Waals surface area contributed by atoms with Gasteiger partial charge in [0.1, 0.15) is 6.04 Å². The van der Waals surface area contributed by atoms with Crippen molar-refractivity contribution in [3.8, 4) is 0 Å². The highest BCUT2D eigenvalue weighted by atomic mass is 35.5. The Morgan fingerprint density at radius 1 is 1.35 bits per heavy atom. The molecular weight excluding hydrogens is 286 g/mol. The van der Waals surface area contributed by atoms with E-state index in [-0.39, 0.29) is 17.2 Å². The van der Waals surface area contributed by atoms with Crippen molar-refractivity contribution in [2.45, 2.75) is 19.4 Å². The molecule has 0 saturated heterocycles. The van der Waals surface area contributed by atoms with E-state index in [0.29, 0.717) is 0 Å². The van der Waals surface area contributed by atoms with Crippen LogP contribution >= 0.6 is 11.6 Å². The van der Waals surface area contributed by atoms with E-state index in [1.807, 2.05) is 0 Å². The molecule has 108 valence electrons. The number of ether oxygens (including phenoxy) is 1. The van der Waals surface area contributed by atoms with Gasteiger partial charge < -0.3 is 15.2 Å². The van der Waals surface area contributed by atoms with Crippen LogP contribution in [0.1, 0.15) is 23.7 Å². The normalized spacial score (nSPS) is 11.5. The van der Waals surface area contributed by atoms with Crippen molar-refractivity contribution in [3.63, 3.8) is 0 Å². The summed E-state index contributed by atoms with van der Waals surface area (Å²) in [7, 11) is 0. The van der Waals surface area contributed by atoms with Crippen molar-refractivity contribution in [1.82, 2.24) is 5.32 Å². The number of hydrogen-bond acceptors (Lipinski definition) is 4. The zero-order valence-electron chi connectivity index (χ0n) is 10.8. The fourth-order valence-corrected chi connectivity index (χ4v) is 1.69. The number of amides is 1. The van der Waals surface area contributed by atoms with Crippen molar-refractivity contribution < 1.29 is 24.2 Å². The van der Waals surface area contributed by atoms with E-state index in [9.17, 15) is 14.4 Å². The third-order valence-electron chi connectivity index (χ3n) is 2.40. The minimum Gasteiger partial charge on any atom is -0.480 e. The number of aliphatic carboxylic acids is 1. The standard InChI is InChI=1S/C13H14ClNO5/c1-2-20-11(16)7-10(13(18)19)15-12(17)8-5-3-4-6-9(8)14/h3-6,10H,2,7H2,1H3,(H,15,17)(H,18,19)/t10-/m0/s1. The van der Waals surface area contributed by atoms with Gasteiger partial charge in [0.2, 0.25) is 0 Å². The van der Waals surface area contributed by atoms with Gasteiger partial charge in [-0.05, 0) is 19.1 Å². The molecule has 6 nitrogen and oxygen atoms in total. The second-order valence-electron chi connectivity index (χ2n) is 3.85. The molecule has 0 saturated carbocycles. The minimum absolute atomic E-state index is 0.142. The van der Waals surface area contributed by atoms with Crippen LogP contribution in [0.3, 0.4) is 0 Å². The van der Waals surface area contributed by atoms with Gasteiger partial charge in [-0.3, -0.25) is 9.59 Å². The maximum atomic E-state index is 11.9. The summed E-state index contributed by atoms with van der Waals surface area (Å²) >= 11 is 5.84. The molecule has 0 bridgehead atoms. The fraction of sp³-hybridized carbons (Fsp3) is 0.308. The van der Waals surface area contributed by atoms with E-state index in [2.05, 4.69) is 10.1 Å². The molecule has 1 rings (SSSR count). The lowest BCUT2D eigenvalue weighted by Gasteiger charge is -2.14. The highest BCUT2D eigenvalue weighted by Crippen LogP contribution is 2.15. The van der Waals surface area contributed by atoms with Gasteiger partial charge in [0.15, 0.2) is 0 Å². The summed E-state index contributed by atoms with van der Waals surface area (Å²) in [5.74, 6) is -2.68. The van der Waals surface area contributed by atoms with Crippen LogP contribution in [0.25, 0.3) is 0 Å². The Morgan fingerprint density at radius 3 is 2.55 bits per heavy atom. The van der Waals surface area contributed by atoms with Gasteiger partial charge >= 0.3 is 11.9 Å². The van der Waals surface area contributed by atoms with E-state index in [1.165, 1.54) is 12.1 Å². The van der Waals surface area contributed by atoms with E-state index in [4.69, 9.17) is 16.7 Å². The molecular formula is C13H14ClNO5. The number of carbonyl (C=O) groups excluding carboxylic acids is 2. The number of carbonyl (C=O) groups is 3. The predicted molar refractivity (Wildman–Crippen MR) is 71.6 cm³/mol. The summed E-state index contributed by atoms with van der Waals surface area (Å²) < 4.78 is 4.65. The van der Waals surface area contributed by atoms with Gasteiger partial charge in [-0.25, -0.2) is 4.79 Å². The quantitative estimate of drug-likeness (QED) is 0.776. The Balaban J connectivity index is 2.76. The number of carboxylic acids is 1. The summed E-state index contributed by atoms with van der Waals surface area (Å²) in [6.45, 7) is 1.75. The third-order valence-corrected chi connectivity index (χ3v) is 2.73. The van der Waals surface area contributed by atoms with Crippen LogP contribution in [0.15, 0.2) is 24.3 Å². The fourth-order valence-electron chi connectivity index (χ4n) is 1.47. The van der Waals surface area contributed by atoms with Gasteiger partial charge in [0.25, 0.3) is 5.91 Å². The van der Waals surface area contributed by atoms with Gasteiger partial charge in [0.05, 0.1) is 23.6 Å². The summed E-state index contributed by atoms with van der Waals surface area (Å²) in [6.07, 6.45) is -0.445. The molecule has 0 fully saturated rings. The zero-order valence-corrected chi connectivity index (χ0v) is 11.5. The second-order valence-corrected chi connectivity index (χ2v) is 4.26. The van der Waals surface area contributed by atoms with Gasteiger partial charge in [-0.15, -0.1) is 0 Å². The summed E-state index contributed by atoms with van der Waals surface area (Å²) in [5.41, 5.74) is 0.143. The first-order valence-corrected chi connectivity index (χ1v) is 6.27. The molecule has 0 aromatic heterocycles. The Morgan fingerprint density at radius 2 is 2.00 bits per heavy atom. The van der Waals surface area contributed by atoms with Crippen LogP contribution in [-0.2, 0) is 14.3 Å². The summed E-state index contributed by atoms with van der Waals surface area (Å²) in [6, 6.07) is 4.85. The molecule has 0 spiro atoms. The molecule has 1 aromatic rings. The Labute approximate surface area is 120 Å². The number of halogens is 1. The average molecular weight is 300 g/mol.